The molecule has 2 saturated heterocycles. The molecule has 152 valence electrons. The fourth-order valence-corrected chi connectivity index (χ4v) is 3.72. The van der Waals surface area contributed by atoms with E-state index in [1.165, 1.54) is 0 Å². The molecular formula is C22H25N3O4. The van der Waals surface area contributed by atoms with Crippen molar-refractivity contribution in [2.75, 3.05) is 55.1 Å². The molecule has 2 aromatic rings. The van der Waals surface area contributed by atoms with Crippen molar-refractivity contribution in [1.29, 1.82) is 0 Å². The van der Waals surface area contributed by atoms with Crippen molar-refractivity contribution < 1.29 is 19.1 Å². The van der Waals surface area contributed by atoms with E-state index in [-0.39, 0.29) is 24.2 Å². The van der Waals surface area contributed by atoms with E-state index in [0.29, 0.717) is 6.54 Å². The van der Waals surface area contributed by atoms with Crippen molar-refractivity contribution in [3.05, 3.63) is 48.5 Å². The molecule has 1 N–H and O–H groups in total. The van der Waals surface area contributed by atoms with Gasteiger partial charge in [0.15, 0.2) is 0 Å². The minimum Gasteiger partial charge on any atom is -0.497 e. The summed E-state index contributed by atoms with van der Waals surface area (Å²) in [5.74, 6) is 0.185. The van der Waals surface area contributed by atoms with Crippen molar-refractivity contribution in [3.8, 4) is 5.75 Å². The first-order valence-corrected chi connectivity index (χ1v) is 9.82. The van der Waals surface area contributed by atoms with E-state index in [4.69, 9.17) is 9.47 Å². The van der Waals surface area contributed by atoms with Crippen LogP contribution in [0.5, 0.6) is 5.75 Å². The van der Waals surface area contributed by atoms with Crippen molar-refractivity contribution in [1.82, 2.24) is 0 Å². The lowest BCUT2D eigenvalue weighted by atomic mass is 10.1. The maximum atomic E-state index is 12.7. The van der Waals surface area contributed by atoms with Gasteiger partial charge in [0.05, 0.1) is 26.2 Å². The standard InChI is InChI=1S/C22H25N3O4/c1-28-20-8-6-19(7-9-20)25-15-16(14-21(25)26)22(27)23-17-2-4-18(5-3-17)24-10-12-29-13-11-24/h2-9,16H,10-15H2,1H3,(H,23,27)/t16-/m1/s1. The molecule has 2 amide bonds. The highest BCUT2D eigenvalue weighted by Gasteiger charge is 2.35. The average molecular weight is 395 g/mol. The fourth-order valence-electron chi connectivity index (χ4n) is 3.72. The summed E-state index contributed by atoms with van der Waals surface area (Å²) in [6, 6.07) is 15.1. The summed E-state index contributed by atoms with van der Waals surface area (Å²) in [5, 5.41) is 2.94. The van der Waals surface area contributed by atoms with Crippen LogP contribution in [0.4, 0.5) is 17.1 Å². The van der Waals surface area contributed by atoms with E-state index < -0.39 is 0 Å². The molecule has 0 spiro atoms. The van der Waals surface area contributed by atoms with Gasteiger partial charge in [0.25, 0.3) is 0 Å². The number of anilines is 3. The largest absolute Gasteiger partial charge is 0.497 e. The van der Waals surface area contributed by atoms with E-state index in [1.54, 1.807) is 12.0 Å². The van der Waals surface area contributed by atoms with Crippen LogP contribution in [-0.4, -0.2) is 51.8 Å². The van der Waals surface area contributed by atoms with Gasteiger partial charge in [0.1, 0.15) is 5.75 Å². The Balaban J connectivity index is 1.36. The number of nitrogens with zero attached hydrogens (tertiary/aromatic N) is 2. The molecule has 2 aromatic carbocycles. The van der Waals surface area contributed by atoms with E-state index in [0.717, 1.165) is 49.1 Å². The van der Waals surface area contributed by atoms with Crippen LogP contribution >= 0.6 is 0 Å². The van der Waals surface area contributed by atoms with Crippen LogP contribution in [0.15, 0.2) is 48.5 Å². The highest BCUT2D eigenvalue weighted by Crippen LogP contribution is 2.28. The molecule has 2 aliphatic rings. The van der Waals surface area contributed by atoms with Crippen molar-refractivity contribution in [2.24, 2.45) is 5.92 Å². The third kappa shape index (κ3) is 4.35. The topological polar surface area (TPSA) is 71.1 Å². The summed E-state index contributed by atoms with van der Waals surface area (Å²) in [5.41, 5.74) is 2.64. The second kappa shape index (κ2) is 8.53. The summed E-state index contributed by atoms with van der Waals surface area (Å²) < 4.78 is 10.5. The Labute approximate surface area is 170 Å². The summed E-state index contributed by atoms with van der Waals surface area (Å²) in [4.78, 5) is 29.0. The van der Waals surface area contributed by atoms with Gasteiger partial charge in [0.2, 0.25) is 11.8 Å². The molecular weight excluding hydrogens is 370 g/mol. The maximum Gasteiger partial charge on any atom is 0.229 e. The van der Waals surface area contributed by atoms with Crippen molar-refractivity contribution >= 4 is 28.9 Å². The highest BCUT2D eigenvalue weighted by atomic mass is 16.5. The average Bonchev–Trinajstić information content (AvgIpc) is 3.17. The Bertz CT molecular complexity index is 861. The summed E-state index contributed by atoms with van der Waals surface area (Å²) in [6.07, 6.45) is 0.212. The Morgan fingerprint density at radius 3 is 2.34 bits per heavy atom. The number of hydrogen-bond acceptors (Lipinski definition) is 5. The Morgan fingerprint density at radius 1 is 1.03 bits per heavy atom. The van der Waals surface area contributed by atoms with Crippen LogP contribution in [0.2, 0.25) is 0 Å². The lowest BCUT2D eigenvalue weighted by molar-refractivity contribution is -0.122. The quantitative estimate of drug-likeness (QED) is 0.842. The van der Waals surface area contributed by atoms with Gasteiger partial charge in [-0.25, -0.2) is 0 Å². The molecule has 0 unspecified atom stereocenters. The van der Waals surface area contributed by atoms with Crippen molar-refractivity contribution in [3.63, 3.8) is 0 Å². The minimum atomic E-state index is -0.372. The van der Waals surface area contributed by atoms with E-state index >= 15 is 0 Å². The highest BCUT2D eigenvalue weighted by molar-refractivity contribution is 6.03. The van der Waals surface area contributed by atoms with Gasteiger partial charge in [-0.3, -0.25) is 9.59 Å². The van der Waals surface area contributed by atoms with Gasteiger partial charge in [-0.15, -0.1) is 0 Å². The number of ether oxygens (including phenoxy) is 2. The number of carbonyl (C=O) groups excluding carboxylic acids is 2. The van der Waals surface area contributed by atoms with Gasteiger partial charge in [-0.1, -0.05) is 0 Å². The minimum absolute atomic E-state index is 0.0435. The van der Waals surface area contributed by atoms with Crippen molar-refractivity contribution in [2.45, 2.75) is 6.42 Å². The van der Waals surface area contributed by atoms with E-state index in [9.17, 15) is 9.59 Å². The lowest BCUT2D eigenvalue weighted by Gasteiger charge is -2.28. The molecule has 0 saturated carbocycles. The molecule has 0 bridgehead atoms. The molecule has 2 aliphatic heterocycles. The van der Waals surface area contributed by atoms with Crippen LogP contribution in [0.3, 0.4) is 0 Å². The van der Waals surface area contributed by atoms with Crippen LogP contribution < -0.4 is 19.9 Å². The van der Waals surface area contributed by atoms with Crippen LogP contribution in [0, 0.1) is 5.92 Å². The molecule has 7 nitrogen and oxygen atoms in total. The van der Waals surface area contributed by atoms with Crippen LogP contribution in [-0.2, 0) is 14.3 Å². The van der Waals surface area contributed by atoms with E-state index in [1.807, 2.05) is 48.5 Å². The predicted molar refractivity (Wildman–Crippen MR) is 112 cm³/mol. The first-order chi connectivity index (χ1) is 14.1. The van der Waals surface area contributed by atoms with Crippen LogP contribution in [0.25, 0.3) is 0 Å². The molecule has 0 radical (unpaired) electrons. The monoisotopic (exact) mass is 395 g/mol. The molecule has 4 rings (SSSR count). The molecule has 2 fully saturated rings. The van der Waals surface area contributed by atoms with Gasteiger partial charge >= 0.3 is 0 Å². The molecule has 29 heavy (non-hydrogen) atoms. The third-order valence-corrected chi connectivity index (χ3v) is 5.39. The van der Waals surface area contributed by atoms with Gasteiger partial charge in [0, 0.05) is 43.1 Å². The SMILES string of the molecule is COc1ccc(N2C[C@H](C(=O)Nc3ccc(N4CCOCC4)cc3)CC2=O)cc1. The van der Waals surface area contributed by atoms with Gasteiger partial charge < -0.3 is 24.6 Å². The molecule has 0 aliphatic carbocycles. The van der Waals surface area contributed by atoms with Crippen LogP contribution in [0.1, 0.15) is 6.42 Å². The summed E-state index contributed by atoms with van der Waals surface area (Å²) >= 11 is 0. The number of benzene rings is 2. The maximum absolute atomic E-state index is 12.7. The number of nitrogens with one attached hydrogen (secondary N) is 1. The predicted octanol–water partition coefficient (Wildman–Crippen LogP) is 2.52. The molecule has 2 heterocycles. The Hall–Kier alpha value is -3.06. The number of rotatable bonds is 5. The fraction of sp³-hybridized carbons (Fsp3) is 0.364. The Morgan fingerprint density at radius 2 is 1.69 bits per heavy atom. The zero-order chi connectivity index (χ0) is 20.2. The lowest BCUT2D eigenvalue weighted by Crippen LogP contribution is -2.36. The summed E-state index contributed by atoms with van der Waals surface area (Å²) in [7, 11) is 1.60. The summed E-state index contributed by atoms with van der Waals surface area (Å²) in [6.45, 7) is 3.59. The first-order valence-electron chi connectivity index (χ1n) is 9.82. The van der Waals surface area contributed by atoms with Gasteiger partial charge in [-0.05, 0) is 48.5 Å². The first kappa shape index (κ1) is 19.3. The molecule has 0 aromatic heterocycles. The third-order valence-electron chi connectivity index (χ3n) is 5.39. The Kier molecular flexibility index (Phi) is 5.67. The normalized spacial score (nSPS) is 19.3. The smallest absolute Gasteiger partial charge is 0.229 e. The number of amides is 2. The second-order valence-corrected chi connectivity index (χ2v) is 7.24. The number of carbonyl (C=O) groups is 2. The number of methoxy groups -OCH3 is 1. The number of morpholine rings is 1. The van der Waals surface area contributed by atoms with Gasteiger partial charge in [-0.2, -0.15) is 0 Å². The van der Waals surface area contributed by atoms with E-state index in [2.05, 4.69) is 10.2 Å². The number of hydrogen-bond donors (Lipinski definition) is 1. The molecule has 7 heteroatoms. The molecule has 1 atom stereocenters. The second-order valence-electron chi connectivity index (χ2n) is 7.24. The zero-order valence-electron chi connectivity index (χ0n) is 16.5. The zero-order valence-corrected chi connectivity index (χ0v) is 16.5.